The van der Waals surface area contributed by atoms with E-state index < -0.39 is 18.6 Å². The largest absolute Gasteiger partial charge is 0.480 e. The summed E-state index contributed by atoms with van der Waals surface area (Å²) in [5.41, 5.74) is 4.77. The van der Waals surface area contributed by atoms with Crippen molar-refractivity contribution in [3.05, 3.63) is 24.3 Å². The summed E-state index contributed by atoms with van der Waals surface area (Å²) in [7, 11) is 0. The third-order valence-corrected chi connectivity index (χ3v) is 2.49. The number of nitrogens with two attached hydrogens (primary N) is 1. The number of hydrogen-bond donors (Lipinski definition) is 3. The highest BCUT2D eigenvalue weighted by Gasteiger charge is 2.14. The van der Waals surface area contributed by atoms with E-state index in [1.807, 2.05) is 11.8 Å². The SMILES string of the molecule is N[C@@H](CO)C(=O)O.c1ccc2c(c1)S2. The molecular weight excluding hydrogens is 202 g/mol. The first kappa shape index (κ1) is 11.0. The van der Waals surface area contributed by atoms with Crippen molar-refractivity contribution in [1.29, 1.82) is 0 Å². The topological polar surface area (TPSA) is 83.5 Å². The number of carbonyl (C=O) groups is 1. The van der Waals surface area contributed by atoms with Crippen LogP contribution in [0.1, 0.15) is 0 Å². The average molecular weight is 213 g/mol. The molecule has 0 aromatic heterocycles. The Hall–Kier alpha value is -1.04. The number of carboxylic acid groups (broad SMARTS) is 1. The van der Waals surface area contributed by atoms with Gasteiger partial charge in [-0.3, -0.25) is 4.79 Å². The van der Waals surface area contributed by atoms with Crippen LogP contribution in [0.2, 0.25) is 0 Å². The highest BCUT2D eigenvalue weighted by molar-refractivity contribution is 8.04. The molecule has 0 bridgehead atoms. The lowest BCUT2D eigenvalue weighted by molar-refractivity contribution is -0.139. The summed E-state index contributed by atoms with van der Waals surface area (Å²) in [4.78, 5) is 12.5. The van der Waals surface area contributed by atoms with Crippen molar-refractivity contribution < 1.29 is 15.0 Å². The quantitative estimate of drug-likeness (QED) is 0.634. The van der Waals surface area contributed by atoms with Crippen molar-refractivity contribution in [1.82, 2.24) is 0 Å². The van der Waals surface area contributed by atoms with Crippen LogP contribution in [0.25, 0.3) is 0 Å². The van der Waals surface area contributed by atoms with Gasteiger partial charge in [-0.2, -0.15) is 0 Å². The van der Waals surface area contributed by atoms with Gasteiger partial charge in [0.15, 0.2) is 0 Å². The zero-order valence-corrected chi connectivity index (χ0v) is 8.20. The number of carboxylic acids is 1. The van der Waals surface area contributed by atoms with Crippen LogP contribution in [0.3, 0.4) is 0 Å². The van der Waals surface area contributed by atoms with Crippen LogP contribution >= 0.6 is 11.8 Å². The minimum atomic E-state index is -1.18. The Morgan fingerprint density at radius 1 is 1.43 bits per heavy atom. The Morgan fingerprint density at radius 2 is 1.93 bits per heavy atom. The number of benzene rings is 1. The number of rotatable bonds is 2. The van der Waals surface area contributed by atoms with Gasteiger partial charge in [0.2, 0.25) is 0 Å². The predicted molar refractivity (Wildman–Crippen MR) is 53.3 cm³/mol. The second-order valence-corrected chi connectivity index (χ2v) is 3.76. The summed E-state index contributed by atoms with van der Waals surface area (Å²) in [6.45, 7) is -0.505. The summed E-state index contributed by atoms with van der Waals surface area (Å²) in [5, 5.41) is 15.9. The average Bonchev–Trinajstić information content (AvgIpc) is 2.96. The maximum absolute atomic E-state index is 9.65. The van der Waals surface area contributed by atoms with Crippen molar-refractivity contribution >= 4 is 17.7 Å². The fraction of sp³-hybridized carbons (Fsp3) is 0.222. The summed E-state index contributed by atoms with van der Waals surface area (Å²) in [5.74, 6) is -1.18. The van der Waals surface area contributed by atoms with Gasteiger partial charge in [-0.1, -0.05) is 23.9 Å². The van der Waals surface area contributed by atoms with Crippen molar-refractivity contribution in [3.63, 3.8) is 0 Å². The van der Waals surface area contributed by atoms with Crippen LogP contribution in [0, 0.1) is 0 Å². The molecule has 0 aliphatic carbocycles. The summed E-state index contributed by atoms with van der Waals surface area (Å²) in [6, 6.07) is 7.29. The summed E-state index contributed by atoms with van der Waals surface area (Å²) in [6.07, 6.45) is 0. The molecular formula is C9H11NO3S. The Kier molecular flexibility index (Phi) is 3.94. The van der Waals surface area contributed by atoms with Gasteiger partial charge >= 0.3 is 5.97 Å². The molecule has 4 nitrogen and oxygen atoms in total. The summed E-state index contributed by atoms with van der Waals surface area (Å²) < 4.78 is 0. The zero-order valence-electron chi connectivity index (χ0n) is 7.38. The number of hydrogen-bond acceptors (Lipinski definition) is 4. The van der Waals surface area contributed by atoms with Crippen LogP contribution in [0.15, 0.2) is 34.1 Å². The molecule has 0 amide bonds. The molecule has 0 spiro atoms. The monoisotopic (exact) mass is 213 g/mol. The molecule has 0 saturated heterocycles. The van der Waals surface area contributed by atoms with E-state index >= 15 is 0 Å². The Bertz CT molecular complexity index is 309. The van der Waals surface area contributed by atoms with Crippen LogP contribution in [-0.2, 0) is 4.79 Å². The van der Waals surface area contributed by atoms with Gasteiger partial charge in [0.25, 0.3) is 0 Å². The normalized spacial score (nSPS) is 13.3. The van der Waals surface area contributed by atoms with E-state index in [1.165, 1.54) is 9.79 Å². The van der Waals surface area contributed by atoms with Crippen LogP contribution in [-0.4, -0.2) is 28.8 Å². The fourth-order valence-corrected chi connectivity index (χ4v) is 1.30. The molecule has 0 radical (unpaired) electrons. The van der Waals surface area contributed by atoms with E-state index in [1.54, 1.807) is 0 Å². The Balaban J connectivity index is 0.000000140. The van der Waals surface area contributed by atoms with Gasteiger partial charge in [0.1, 0.15) is 6.04 Å². The van der Waals surface area contributed by atoms with Gasteiger partial charge in [-0.05, 0) is 12.1 Å². The van der Waals surface area contributed by atoms with E-state index in [-0.39, 0.29) is 0 Å². The molecule has 1 atom stereocenters. The highest BCUT2D eigenvalue weighted by Crippen LogP contribution is 2.47. The third-order valence-electron chi connectivity index (χ3n) is 1.54. The van der Waals surface area contributed by atoms with Gasteiger partial charge in [-0.25, -0.2) is 0 Å². The molecule has 76 valence electrons. The van der Waals surface area contributed by atoms with Crippen LogP contribution < -0.4 is 5.73 Å². The number of aliphatic hydroxyl groups excluding tert-OH is 1. The smallest absolute Gasteiger partial charge is 0.322 e. The zero-order chi connectivity index (χ0) is 10.6. The first-order chi connectivity index (χ1) is 6.65. The van der Waals surface area contributed by atoms with Crippen molar-refractivity contribution in [2.75, 3.05) is 6.61 Å². The second-order valence-electron chi connectivity index (χ2n) is 2.68. The minimum Gasteiger partial charge on any atom is -0.480 e. The van der Waals surface area contributed by atoms with Crippen LogP contribution in [0.4, 0.5) is 0 Å². The molecule has 0 saturated carbocycles. The lowest BCUT2D eigenvalue weighted by Gasteiger charge is -1.96. The van der Waals surface area contributed by atoms with E-state index in [4.69, 9.17) is 15.9 Å². The molecule has 5 heteroatoms. The maximum atomic E-state index is 9.65. The van der Waals surface area contributed by atoms with E-state index in [9.17, 15) is 4.79 Å². The predicted octanol–water partition coefficient (Wildman–Crippen LogP) is 0.542. The first-order valence-corrected chi connectivity index (χ1v) is 4.83. The molecule has 14 heavy (non-hydrogen) atoms. The van der Waals surface area contributed by atoms with E-state index in [0.29, 0.717) is 0 Å². The van der Waals surface area contributed by atoms with Crippen molar-refractivity contribution in [2.24, 2.45) is 5.73 Å². The van der Waals surface area contributed by atoms with Crippen molar-refractivity contribution in [2.45, 2.75) is 15.8 Å². The lowest BCUT2D eigenvalue weighted by Crippen LogP contribution is -2.33. The fourth-order valence-electron chi connectivity index (χ4n) is 0.689. The molecule has 1 aromatic rings. The number of aliphatic carboxylic acids is 1. The second kappa shape index (κ2) is 4.99. The van der Waals surface area contributed by atoms with Gasteiger partial charge in [0, 0.05) is 9.79 Å². The van der Waals surface area contributed by atoms with Gasteiger partial charge in [-0.15, -0.1) is 0 Å². The molecule has 4 N–H and O–H groups in total. The van der Waals surface area contributed by atoms with Crippen molar-refractivity contribution in [3.8, 4) is 0 Å². The van der Waals surface area contributed by atoms with Gasteiger partial charge < -0.3 is 15.9 Å². The number of fused-ring (bicyclic) bond motifs is 1. The van der Waals surface area contributed by atoms with E-state index in [2.05, 4.69) is 24.3 Å². The Morgan fingerprint density at radius 3 is 2.14 bits per heavy atom. The molecule has 0 fully saturated rings. The summed E-state index contributed by atoms with van der Waals surface area (Å²) >= 11 is 1.86. The van der Waals surface area contributed by atoms with Crippen LogP contribution in [0.5, 0.6) is 0 Å². The first-order valence-electron chi connectivity index (χ1n) is 4.01. The standard InChI is InChI=1S/C6H4S.C3H7NO3/c1-2-4-6-5(3-1)7-6;4-2(1-5)3(6)7/h1-4H;2,5H,1,4H2,(H,6,7)/t;2-/m.0/s1. The molecule has 0 unspecified atom stereocenters. The molecule has 1 aliphatic heterocycles. The number of aliphatic hydroxyl groups is 1. The molecule has 1 aromatic carbocycles. The third kappa shape index (κ3) is 3.37. The molecule has 1 heterocycles. The Labute approximate surface area is 85.7 Å². The minimum absolute atomic E-state index is 0.505. The van der Waals surface area contributed by atoms with E-state index in [0.717, 1.165) is 0 Å². The highest BCUT2D eigenvalue weighted by atomic mass is 32.2. The van der Waals surface area contributed by atoms with Gasteiger partial charge in [0.05, 0.1) is 6.61 Å². The molecule has 1 aliphatic rings. The molecule has 2 rings (SSSR count). The maximum Gasteiger partial charge on any atom is 0.322 e. The lowest BCUT2D eigenvalue weighted by atomic mass is 10.3.